The maximum Gasteiger partial charge on any atom is 0.433 e. The Hall–Kier alpha value is -1.20. The predicted octanol–water partition coefficient (Wildman–Crippen LogP) is 4.14. The number of hydrogen-bond acceptors (Lipinski definition) is 2. The third kappa shape index (κ3) is 2.12. The highest BCUT2D eigenvalue weighted by Gasteiger charge is 2.33. The fourth-order valence-electron chi connectivity index (χ4n) is 1.44. The second-order valence-corrected chi connectivity index (χ2v) is 4.16. The number of nitrogens with two attached hydrogens (primary N) is 1. The number of fused-ring (bicyclic) bond motifs is 1. The number of pyridine rings is 1. The number of anilines is 1. The molecule has 0 bridgehead atoms. The number of hydrogen-bond donors (Lipinski definition) is 1. The summed E-state index contributed by atoms with van der Waals surface area (Å²) in [6.45, 7) is 0. The van der Waals surface area contributed by atoms with E-state index in [0.717, 1.165) is 6.07 Å². The molecule has 0 radical (unpaired) electrons. The number of nitrogen functional groups attached to an aromatic ring is 1. The molecule has 0 saturated carbocycles. The van der Waals surface area contributed by atoms with Gasteiger partial charge in [-0.05, 0) is 18.2 Å². The van der Waals surface area contributed by atoms with E-state index in [-0.39, 0.29) is 26.6 Å². The number of benzene rings is 1. The highest BCUT2D eigenvalue weighted by molar-refractivity contribution is 6.40. The van der Waals surface area contributed by atoms with Crippen molar-refractivity contribution in [1.82, 2.24) is 4.98 Å². The summed E-state index contributed by atoms with van der Waals surface area (Å²) in [5.41, 5.74) is 4.30. The molecule has 0 amide bonds. The quantitative estimate of drug-likeness (QED) is 0.788. The van der Waals surface area contributed by atoms with E-state index < -0.39 is 11.9 Å². The molecule has 2 N–H and O–H groups in total. The Bertz CT molecular complexity index is 596. The molecule has 1 heterocycles. The van der Waals surface area contributed by atoms with Gasteiger partial charge in [0.05, 0.1) is 15.6 Å². The van der Waals surface area contributed by atoms with Gasteiger partial charge in [0.1, 0.15) is 5.69 Å². The summed E-state index contributed by atoms with van der Waals surface area (Å²) in [4.78, 5) is 3.45. The van der Waals surface area contributed by atoms with Crippen LogP contribution in [0.5, 0.6) is 0 Å². The summed E-state index contributed by atoms with van der Waals surface area (Å²) >= 11 is 11.6. The van der Waals surface area contributed by atoms with Gasteiger partial charge in [-0.3, -0.25) is 0 Å². The van der Waals surface area contributed by atoms with Crippen LogP contribution in [-0.2, 0) is 6.18 Å². The molecule has 0 fully saturated rings. The fourth-order valence-corrected chi connectivity index (χ4v) is 1.90. The molecule has 1 aromatic carbocycles. The maximum absolute atomic E-state index is 12.5. The van der Waals surface area contributed by atoms with Crippen LogP contribution in [0, 0.1) is 0 Å². The number of nitrogens with zero attached hydrogens (tertiary/aromatic N) is 1. The minimum atomic E-state index is -4.58. The summed E-state index contributed by atoms with van der Waals surface area (Å²) < 4.78 is 37.6. The molecule has 17 heavy (non-hydrogen) atoms. The first-order chi connectivity index (χ1) is 7.80. The number of alkyl halides is 3. The van der Waals surface area contributed by atoms with E-state index >= 15 is 0 Å². The van der Waals surface area contributed by atoms with Crippen molar-refractivity contribution in [2.45, 2.75) is 6.18 Å². The molecule has 1 aromatic heterocycles. The number of aromatic nitrogens is 1. The van der Waals surface area contributed by atoms with Crippen molar-refractivity contribution in [3.05, 3.63) is 33.9 Å². The van der Waals surface area contributed by atoms with Gasteiger partial charge in [0, 0.05) is 11.1 Å². The van der Waals surface area contributed by atoms with Crippen molar-refractivity contribution < 1.29 is 13.2 Å². The van der Waals surface area contributed by atoms with Crippen LogP contribution in [0.15, 0.2) is 18.2 Å². The molecule has 7 heteroatoms. The molecule has 0 unspecified atom stereocenters. The van der Waals surface area contributed by atoms with E-state index in [4.69, 9.17) is 28.9 Å². The van der Waals surface area contributed by atoms with E-state index in [0.29, 0.717) is 0 Å². The highest BCUT2D eigenvalue weighted by Crippen LogP contribution is 2.37. The molecule has 0 atom stereocenters. The van der Waals surface area contributed by atoms with Gasteiger partial charge in [0.25, 0.3) is 0 Å². The molecule has 0 aliphatic heterocycles. The molecular weight excluding hydrogens is 276 g/mol. The Kier molecular flexibility index (Phi) is 2.83. The van der Waals surface area contributed by atoms with Crippen LogP contribution in [0.4, 0.5) is 18.9 Å². The first kappa shape index (κ1) is 12.3. The average molecular weight is 281 g/mol. The molecule has 2 nitrogen and oxygen atoms in total. The van der Waals surface area contributed by atoms with Crippen LogP contribution >= 0.6 is 23.2 Å². The van der Waals surface area contributed by atoms with Gasteiger partial charge in [0.15, 0.2) is 0 Å². The van der Waals surface area contributed by atoms with E-state index in [2.05, 4.69) is 4.98 Å². The summed E-state index contributed by atoms with van der Waals surface area (Å²) in [6.07, 6.45) is -4.58. The smallest absolute Gasteiger partial charge is 0.398 e. The lowest BCUT2D eigenvalue weighted by Crippen LogP contribution is -2.09. The Morgan fingerprint density at radius 1 is 1.12 bits per heavy atom. The molecule has 0 aliphatic rings. The minimum Gasteiger partial charge on any atom is -0.398 e. The van der Waals surface area contributed by atoms with Gasteiger partial charge in [-0.15, -0.1) is 0 Å². The lowest BCUT2D eigenvalue weighted by Gasteiger charge is -2.10. The van der Waals surface area contributed by atoms with Crippen LogP contribution in [0.2, 0.25) is 10.0 Å². The Labute approximate surface area is 104 Å². The van der Waals surface area contributed by atoms with Crippen molar-refractivity contribution in [1.29, 1.82) is 0 Å². The molecule has 0 saturated heterocycles. The van der Waals surface area contributed by atoms with Gasteiger partial charge >= 0.3 is 6.18 Å². The highest BCUT2D eigenvalue weighted by atomic mass is 35.5. The molecule has 0 spiro atoms. The first-order valence-electron chi connectivity index (χ1n) is 4.42. The van der Waals surface area contributed by atoms with E-state index in [1.807, 2.05) is 0 Å². The Morgan fingerprint density at radius 2 is 1.71 bits per heavy atom. The summed E-state index contributed by atoms with van der Waals surface area (Å²) in [5.74, 6) is 0. The third-order valence-corrected chi connectivity index (χ3v) is 2.80. The average Bonchev–Trinajstić information content (AvgIpc) is 2.21. The second-order valence-electron chi connectivity index (χ2n) is 3.35. The predicted molar refractivity (Wildman–Crippen MR) is 61.2 cm³/mol. The number of rotatable bonds is 0. The number of halogens is 5. The normalized spacial score (nSPS) is 12.1. The lowest BCUT2D eigenvalue weighted by atomic mass is 10.1. The van der Waals surface area contributed by atoms with E-state index in [1.165, 1.54) is 12.1 Å². The second kappa shape index (κ2) is 3.92. The fraction of sp³-hybridized carbons (Fsp3) is 0.100. The van der Waals surface area contributed by atoms with Crippen LogP contribution in [0.1, 0.15) is 5.69 Å². The van der Waals surface area contributed by atoms with E-state index in [9.17, 15) is 13.2 Å². The largest absolute Gasteiger partial charge is 0.433 e. The Morgan fingerprint density at radius 3 is 2.29 bits per heavy atom. The van der Waals surface area contributed by atoms with Crippen molar-refractivity contribution >= 4 is 39.8 Å². The van der Waals surface area contributed by atoms with Gasteiger partial charge in [-0.25, -0.2) is 4.98 Å². The molecule has 2 rings (SSSR count). The van der Waals surface area contributed by atoms with Crippen molar-refractivity contribution in [2.24, 2.45) is 0 Å². The van der Waals surface area contributed by atoms with Crippen LogP contribution in [-0.4, -0.2) is 4.98 Å². The van der Waals surface area contributed by atoms with Gasteiger partial charge in [-0.2, -0.15) is 13.2 Å². The van der Waals surface area contributed by atoms with E-state index in [1.54, 1.807) is 0 Å². The molecular formula is C10H5Cl2F3N2. The monoisotopic (exact) mass is 280 g/mol. The zero-order valence-corrected chi connectivity index (χ0v) is 9.66. The minimum absolute atomic E-state index is 0.0495. The standard InChI is InChI=1S/C10H5Cl2F3N2/c11-4-1-2-5(12)9-8(4)6(16)3-7(17-9)10(13,14)15/h1-3H,(H2,16,17). The SMILES string of the molecule is Nc1cc(C(F)(F)F)nc2c(Cl)ccc(Cl)c12. The van der Waals surface area contributed by atoms with Gasteiger partial charge in [0.2, 0.25) is 0 Å². The summed E-state index contributed by atoms with van der Waals surface area (Å²) in [6, 6.07) is 3.57. The van der Waals surface area contributed by atoms with Gasteiger partial charge in [-0.1, -0.05) is 23.2 Å². The van der Waals surface area contributed by atoms with Crippen molar-refractivity contribution in [2.75, 3.05) is 5.73 Å². The summed E-state index contributed by atoms with van der Waals surface area (Å²) in [7, 11) is 0. The van der Waals surface area contributed by atoms with Crippen molar-refractivity contribution in [3.63, 3.8) is 0 Å². The summed E-state index contributed by atoms with van der Waals surface area (Å²) in [5, 5.41) is 0.512. The van der Waals surface area contributed by atoms with Crippen LogP contribution in [0.25, 0.3) is 10.9 Å². The first-order valence-corrected chi connectivity index (χ1v) is 5.17. The molecule has 2 aromatic rings. The van der Waals surface area contributed by atoms with Crippen LogP contribution < -0.4 is 5.73 Å². The van der Waals surface area contributed by atoms with Crippen LogP contribution in [0.3, 0.4) is 0 Å². The molecule has 0 aliphatic carbocycles. The van der Waals surface area contributed by atoms with Gasteiger partial charge < -0.3 is 5.73 Å². The lowest BCUT2D eigenvalue weighted by molar-refractivity contribution is -0.140. The van der Waals surface area contributed by atoms with Crippen molar-refractivity contribution in [3.8, 4) is 0 Å². The third-order valence-electron chi connectivity index (χ3n) is 2.18. The topological polar surface area (TPSA) is 38.9 Å². The molecule has 90 valence electrons. The zero-order chi connectivity index (χ0) is 12.8. The Balaban J connectivity index is 2.87. The maximum atomic E-state index is 12.5. The zero-order valence-electron chi connectivity index (χ0n) is 8.15.